The maximum atomic E-state index is 12.6. The minimum Gasteiger partial charge on any atom is -0.337 e. The Hall–Kier alpha value is -2.84. The first kappa shape index (κ1) is 18.0. The second kappa shape index (κ2) is 7.19. The molecule has 0 radical (unpaired) electrons. The predicted octanol–water partition coefficient (Wildman–Crippen LogP) is 3.75. The zero-order valence-electron chi connectivity index (χ0n) is 13.6. The van der Waals surface area contributed by atoms with Gasteiger partial charge in [0.2, 0.25) is 11.8 Å². The Morgan fingerprint density at radius 3 is 2.35 bits per heavy atom. The highest BCUT2D eigenvalue weighted by Crippen LogP contribution is 2.30. The van der Waals surface area contributed by atoms with Crippen molar-refractivity contribution in [3.63, 3.8) is 0 Å². The Morgan fingerprint density at radius 1 is 1.08 bits per heavy atom. The van der Waals surface area contributed by atoms with Gasteiger partial charge in [-0.15, -0.1) is 0 Å². The molecule has 2 aromatic carbocycles. The summed E-state index contributed by atoms with van der Waals surface area (Å²) < 4.78 is 32.6. The number of benzene rings is 2. The van der Waals surface area contributed by atoms with E-state index in [-0.39, 0.29) is 16.7 Å². The van der Waals surface area contributed by atoms with Gasteiger partial charge in [0.05, 0.1) is 16.7 Å². The van der Waals surface area contributed by atoms with Crippen LogP contribution >= 0.6 is 11.6 Å². The van der Waals surface area contributed by atoms with Crippen LogP contribution in [0.3, 0.4) is 0 Å². The number of rotatable bonds is 5. The zero-order chi connectivity index (χ0) is 18.7. The molecule has 0 aliphatic rings. The van der Waals surface area contributed by atoms with E-state index in [0.717, 1.165) is 0 Å². The summed E-state index contributed by atoms with van der Waals surface area (Å²) in [7, 11) is -3.89. The van der Waals surface area contributed by atoms with E-state index >= 15 is 0 Å². The van der Waals surface area contributed by atoms with Gasteiger partial charge < -0.3 is 9.84 Å². The van der Waals surface area contributed by atoms with E-state index in [1.807, 2.05) is 0 Å². The van der Waals surface area contributed by atoms with Crippen LogP contribution in [0.2, 0.25) is 5.02 Å². The van der Waals surface area contributed by atoms with E-state index in [0.29, 0.717) is 21.8 Å². The van der Waals surface area contributed by atoms with Gasteiger partial charge in [-0.05, 0) is 42.0 Å². The molecule has 0 saturated heterocycles. The monoisotopic (exact) mass is 391 g/mol. The van der Waals surface area contributed by atoms with E-state index in [2.05, 4.69) is 15.2 Å². The Morgan fingerprint density at radius 2 is 1.73 bits per heavy atom. The number of hydrogen-bond acceptors (Lipinski definition) is 5. The van der Waals surface area contributed by atoms with Crippen molar-refractivity contribution < 1.29 is 17.7 Å². The smallest absolute Gasteiger partial charge is 0.264 e. The second-order valence-corrected chi connectivity index (χ2v) is 7.51. The molecule has 3 rings (SSSR count). The molecule has 1 amide bonds. The summed E-state index contributed by atoms with van der Waals surface area (Å²) in [6.45, 7) is 1.37. The number of nitrogens with zero attached hydrogens (tertiary/aromatic N) is 1. The quantitative estimate of drug-likeness (QED) is 0.689. The summed E-state index contributed by atoms with van der Waals surface area (Å²) in [6, 6.07) is 12.6. The summed E-state index contributed by atoms with van der Waals surface area (Å²) in [4.78, 5) is 11.0. The van der Waals surface area contributed by atoms with Crippen LogP contribution in [-0.2, 0) is 14.8 Å². The van der Waals surface area contributed by atoms with E-state index in [9.17, 15) is 13.2 Å². The number of nitrogens with one attached hydrogen (secondary N) is 2. The van der Waals surface area contributed by atoms with Crippen LogP contribution in [0, 0.1) is 0 Å². The normalized spacial score (nSPS) is 11.2. The van der Waals surface area contributed by atoms with E-state index in [4.69, 9.17) is 16.1 Å². The first-order valence-corrected chi connectivity index (χ1v) is 9.32. The van der Waals surface area contributed by atoms with E-state index in [1.165, 1.54) is 37.4 Å². The van der Waals surface area contributed by atoms with Crippen LogP contribution in [-0.4, -0.2) is 19.5 Å². The van der Waals surface area contributed by atoms with Gasteiger partial charge in [0.25, 0.3) is 10.0 Å². The molecule has 7 nitrogen and oxygen atoms in total. The lowest BCUT2D eigenvalue weighted by Crippen LogP contribution is -2.13. The van der Waals surface area contributed by atoms with Crippen LogP contribution in [0.25, 0.3) is 11.1 Å². The number of carbonyl (C=O) groups is 1. The SMILES string of the molecule is CC(=O)Nc1ccc(S(=O)(=O)Nc2oncc2-c2ccc(Cl)cc2)cc1. The molecule has 1 heterocycles. The zero-order valence-corrected chi connectivity index (χ0v) is 15.1. The van der Waals surface area contributed by atoms with Gasteiger partial charge in [-0.25, -0.2) is 13.1 Å². The highest BCUT2D eigenvalue weighted by atomic mass is 35.5. The summed E-state index contributed by atoms with van der Waals surface area (Å²) in [5.41, 5.74) is 1.69. The average Bonchev–Trinajstić information content (AvgIpc) is 3.03. The van der Waals surface area contributed by atoms with Crippen molar-refractivity contribution in [3.8, 4) is 11.1 Å². The molecule has 0 spiro atoms. The van der Waals surface area contributed by atoms with Gasteiger partial charge in [-0.3, -0.25) is 4.79 Å². The summed E-state index contributed by atoms with van der Waals surface area (Å²) in [5.74, 6) is -0.244. The van der Waals surface area contributed by atoms with Crippen LogP contribution in [0.1, 0.15) is 6.92 Å². The summed E-state index contributed by atoms with van der Waals surface area (Å²) in [6.07, 6.45) is 1.42. The van der Waals surface area contributed by atoms with Crippen LogP contribution in [0.5, 0.6) is 0 Å². The number of carbonyl (C=O) groups excluding carboxylic acids is 1. The largest absolute Gasteiger partial charge is 0.337 e. The van der Waals surface area contributed by atoms with Crippen molar-refractivity contribution in [3.05, 3.63) is 59.8 Å². The number of amides is 1. The minimum atomic E-state index is -3.89. The van der Waals surface area contributed by atoms with Crippen molar-refractivity contribution in [1.29, 1.82) is 0 Å². The molecule has 0 fully saturated rings. The molecule has 0 aliphatic carbocycles. The van der Waals surface area contributed by atoms with Gasteiger partial charge in [-0.1, -0.05) is 28.9 Å². The fourth-order valence-electron chi connectivity index (χ4n) is 2.25. The lowest BCUT2D eigenvalue weighted by Gasteiger charge is -2.08. The molecule has 1 aromatic heterocycles. The van der Waals surface area contributed by atoms with E-state index < -0.39 is 10.0 Å². The molecule has 0 atom stereocenters. The van der Waals surface area contributed by atoms with E-state index in [1.54, 1.807) is 24.3 Å². The molecule has 0 aliphatic heterocycles. The molecular weight excluding hydrogens is 378 g/mol. The lowest BCUT2D eigenvalue weighted by atomic mass is 10.1. The standard InChI is InChI=1S/C17H14ClN3O4S/c1-11(22)20-14-6-8-15(9-7-14)26(23,24)21-17-16(10-19-25-17)12-2-4-13(18)5-3-12/h2-10,21H,1H3,(H,20,22). The maximum Gasteiger partial charge on any atom is 0.264 e. The van der Waals surface area contributed by atoms with Crippen LogP contribution < -0.4 is 10.0 Å². The van der Waals surface area contributed by atoms with Crippen molar-refractivity contribution in [2.75, 3.05) is 10.0 Å². The summed E-state index contributed by atoms with van der Waals surface area (Å²) >= 11 is 5.87. The molecular formula is C17H14ClN3O4S. The molecule has 0 bridgehead atoms. The topological polar surface area (TPSA) is 101 Å². The highest BCUT2D eigenvalue weighted by Gasteiger charge is 2.20. The molecule has 9 heteroatoms. The summed E-state index contributed by atoms with van der Waals surface area (Å²) in [5, 5.41) is 6.80. The molecule has 134 valence electrons. The first-order valence-electron chi connectivity index (χ1n) is 7.46. The molecule has 2 N–H and O–H groups in total. The van der Waals surface area contributed by atoms with Gasteiger partial charge >= 0.3 is 0 Å². The number of aromatic nitrogens is 1. The number of halogens is 1. The number of anilines is 2. The van der Waals surface area contributed by atoms with Crippen molar-refractivity contribution >= 4 is 39.1 Å². The molecule has 0 unspecified atom stereocenters. The first-order chi connectivity index (χ1) is 12.3. The fraction of sp³-hybridized carbons (Fsp3) is 0.0588. The van der Waals surface area contributed by atoms with Crippen molar-refractivity contribution in [2.45, 2.75) is 11.8 Å². The van der Waals surface area contributed by atoms with Gasteiger partial charge in [-0.2, -0.15) is 0 Å². The van der Waals surface area contributed by atoms with Crippen molar-refractivity contribution in [2.24, 2.45) is 0 Å². The average molecular weight is 392 g/mol. The van der Waals surface area contributed by atoms with Crippen molar-refractivity contribution in [1.82, 2.24) is 5.16 Å². The Bertz CT molecular complexity index is 1030. The van der Waals surface area contributed by atoms with Crippen LogP contribution in [0.4, 0.5) is 11.6 Å². The molecule has 3 aromatic rings. The van der Waals surface area contributed by atoms with Gasteiger partial charge in [0.15, 0.2) is 0 Å². The Labute approximate surface area is 155 Å². The third kappa shape index (κ3) is 4.04. The lowest BCUT2D eigenvalue weighted by molar-refractivity contribution is -0.114. The molecule has 26 heavy (non-hydrogen) atoms. The number of hydrogen-bond donors (Lipinski definition) is 2. The Balaban J connectivity index is 1.85. The van der Waals surface area contributed by atoms with Gasteiger partial charge in [0, 0.05) is 17.6 Å². The highest BCUT2D eigenvalue weighted by molar-refractivity contribution is 7.92. The Kier molecular flexibility index (Phi) is 4.97. The number of sulfonamides is 1. The second-order valence-electron chi connectivity index (χ2n) is 5.39. The van der Waals surface area contributed by atoms with Gasteiger partial charge in [0.1, 0.15) is 0 Å². The third-order valence-corrected chi connectivity index (χ3v) is 5.04. The third-order valence-electron chi connectivity index (χ3n) is 3.44. The molecule has 0 saturated carbocycles. The predicted molar refractivity (Wildman–Crippen MR) is 98.5 cm³/mol. The maximum absolute atomic E-state index is 12.6. The van der Waals surface area contributed by atoms with Crippen LogP contribution in [0.15, 0.2) is 64.1 Å². The minimum absolute atomic E-state index is 0.00161. The fourth-order valence-corrected chi connectivity index (χ4v) is 3.38.